The maximum atomic E-state index is 11.9. The number of unbranched alkanes of at least 4 members (excludes halogenated alkanes) is 6. The Balaban J connectivity index is 2.23. The summed E-state index contributed by atoms with van der Waals surface area (Å²) < 4.78 is 0. The van der Waals surface area contributed by atoms with Crippen LogP contribution >= 0.6 is 0 Å². The zero-order valence-electron chi connectivity index (χ0n) is 14.6. The summed E-state index contributed by atoms with van der Waals surface area (Å²) in [7, 11) is 0. The van der Waals surface area contributed by atoms with Gasteiger partial charge in [-0.1, -0.05) is 57.6 Å². The van der Waals surface area contributed by atoms with E-state index in [0.29, 0.717) is 6.42 Å². The van der Waals surface area contributed by atoms with Crippen molar-refractivity contribution < 1.29 is 14.7 Å². The minimum absolute atomic E-state index is 0.0264. The molecule has 24 heavy (non-hydrogen) atoms. The lowest BCUT2D eigenvalue weighted by Gasteiger charge is -2.08. The van der Waals surface area contributed by atoms with Crippen molar-refractivity contribution in [1.82, 2.24) is 0 Å². The molecule has 0 aromatic heterocycles. The molecule has 0 bridgehead atoms. The standard InChI is InChI=1S/C19H30N2O3/c1-2-3-4-5-6-7-8-9-18(22)21-16-12-10-15(11-13-16)14-17(20)19(23)24/h10-13,17H,2-9,14,20H2,1H3,(H,21,22)(H,23,24)/t17-/m0/s1. The van der Waals surface area contributed by atoms with E-state index in [2.05, 4.69) is 12.2 Å². The Morgan fingerprint density at radius 1 is 1.04 bits per heavy atom. The van der Waals surface area contributed by atoms with Gasteiger partial charge in [-0.2, -0.15) is 0 Å². The summed E-state index contributed by atoms with van der Waals surface area (Å²) >= 11 is 0. The number of nitrogens with two attached hydrogens (primary N) is 1. The molecule has 1 amide bonds. The van der Waals surface area contributed by atoms with Crippen LogP contribution in [0.2, 0.25) is 0 Å². The third-order valence-electron chi connectivity index (χ3n) is 4.02. The predicted molar refractivity (Wildman–Crippen MR) is 97.0 cm³/mol. The molecule has 1 atom stereocenters. The number of amides is 1. The van der Waals surface area contributed by atoms with E-state index in [4.69, 9.17) is 10.8 Å². The molecular weight excluding hydrogens is 304 g/mol. The monoisotopic (exact) mass is 334 g/mol. The van der Waals surface area contributed by atoms with Crippen LogP contribution in [-0.2, 0) is 16.0 Å². The molecular formula is C19H30N2O3. The van der Waals surface area contributed by atoms with Crippen LogP contribution in [0.25, 0.3) is 0 Å². The molecule has 1 aromatic carbocycles. The number of benzene rings is 1. The Kier molecular flexibility index (Phi) is 9.77. The molecule has 0 heterocycles. The average Bonchev–Trinajstić information content (AvgIpc) is 2.55. The van der Waals surface area contributed by atoms with Crippen molar-refractivity contribution in [2.75, 3.05) is 5.32 Å². The van der Waals surface area contributed by atoms with Gasteiger partial charge in [0.1, 0.15) is 6.04 Å². The molecule has 4 N–H and O–H groups in total. The van der Waals surface area contributed by atoms with Gasteiger partial charge in [0.25, 0.3) is 0 Å². The molecule has 0 aliphatic carbocycles. The van der Waals surface area contributed by atoms with Crippen molar-refractivity contribution in [3.05, 3.63) is 29.8 Å². The molecule has 5 heteroatoms. The van der Waals surface area contributed by atoms with Crippen molar-refractivity contribution in [3.8, 4) is 0 Å². The molecule has 0 radical (unpaired) electrons. The number of hydrogen-bond donors (Lipinski definition) is 3. The van der Waals surface area contributed by atoms with E-state index in [-0.39, 0.29) is 12.3 Å². The molecule has 1 rings (SSSR count). The SMILES string of the molecule is CCCCCCCCCC(=O)Nc1ccc(C[C@H](N)C(=O)O)cc1. The number of hydrogen-bond acceptors (Lipinski definition) is 3. The van der Waals surface area contributed by atoms with E-state index in [1.54, 1.807) is 24.3 Å². The minimum atomic E-state index is -1.01. The number of carbonyl (C=O) groups is 2. The van der Waals surface area contributed by atoms with Gasteiger partial charge in [0.15, 0.2) is 0 Å². The van der Waals surface area contributed by atoms with E-state index in [1.165, 1.54) is 32.1 Å². The van der Waals surface area contributed by atoms with Gasteiger partial charge < -0.3 is 16.2 Å². The number of aliphatic carboxylic acids is 1. The van der Waals surface area contributed by atoms with Gasteiger partial charge in [-0.05, 0) is 30.5 Å². The van der Waals surface area contributed by atoms with Crippen LogP contribution in [0.1, 0.15) is 63.9 Å². The highest BCUT2D eigenvalue weighted by Crippen LogP contribution is 2.13. The fraction of sp³-hybridized carbons (Fsp3) is 0.579. The van der Waals surface area contributed by atoms with E-state index < -0.39 is 12.0 Å². The predicted octanol–water partition coefficient (Wildman–Crippen LogP) is 3.72. The van der Waals surface area contributed by atoms with Crippen LogP contribution in [-0.4, -0.2) is 23.0 Å². The van der Waals surface area contributed by atoms with Crippen LogP contribution < -0.4 is 11.1 Å². The fourth-order valence-electron chi connectivity index (χ4n) is 2.53. The third-order valence-corrected chi connectivity index (χ3v) is 4.02. The van der Waals surface area contributed by atoms with Gasteiger partial charge in [0.05, 0.1) is 0 Å². The molecule has 1 aromatic rings. The fourth-order valence-corrected chi connectivity index (χ4v) is 2.53. The van der Waals surface area contributed by atoms with Gasteiger partial charge in [-0.3, -0.25) is 9.59 Å². The average molecular weight is 334 g/mol. The smallest absolute Gasteiger partial charge is 0.320 e. The highest BCUT2D eigenvalue weighted by atomic mass is 16.4. The summed E-state index contributed by atoms with van der Waals surface area (Å²) in [6, 6.07) is 6.26. The zero-order valence-corrected chi connectivity index (χ0v) is 14.6. The van der Waals surface area contributed by atoms with Crippen molar-refractivity contribution >= 4 is 17.6 Å². The number of nitrogens with one attached hydrogen (secondary N) is 1. The van der Waals surface area contributed by atoms with E-state index in [0.717, 1.165) is 24.1 Å². The van der Waals surface area contributed by atoms with Crippen molar-refractivity contribution in [2.24, 2.45) is 5.73 Å². The maximum Gasteiger partial charge on any atom is 0.320 e. The second-order valence-electron chi connectivity index (χ2n) is 6.27. The van der Waals surface area contributed by atoms with Gasteiger partial charge in [-0.25, -0.2) is 0 Å². The second kappa shape index (κ2) is 11.6. The lowest BCUT2D eigenvalue weighted by Crippen LogP contribution is -2.32. The first-order valence-electron chi connectivity index (χ1n) is 8.90. The molecule has 0 saturated carbocycles. The van der Waals surface area contributed by atoms with E-state index >= 15 is 0 Å². The van der Waals surface area contributed by atoms with Crippen LogP contribution in [0.4, 0.5) is 5.69 Å². The summed E-state index contributed by atoms with van der Waals surface area (Å²) in [5.41, 5.74) is 7.08. The quantitative estimate of drug-likeness (QED) is 0.508. The lowest BCUT2D eigenvalue weighted by molar-refractivity contribution is -0.138. The van der Waals surface area contributed by atoms with Crippen LogP contribution in [0.5, 0.6) is 0 Å². The molecule has 0 aliphatic heterocycles. The van der Waals surface area contributed by atoms with Gasteiger partial charge in [0, 0.05) is 12.1 Å². The summed E-state index contributed by atoms with van der Waals surface area (Å²) in [6.07, 6.45) is 9.15. The Labute approximate surface area is 144 Å². The maximum absolute atomic E-state index is 11.9. The van der Waals surface area contributed by atoms with Crippen LogP contribution in [0.3, 0.4) is 0 Å². The topological polar surface area (TPSA) is 92.4 Å². The molecule has 134 valence electrons. The van der Waals surface area contributed by atoms with E-state index in [1.807, 2.05) is 0 Å². The van der Waals surface area contributed by atoms with Crippen molar-refractivity contribution in [3.63, 3.8) is 0 Å². The molecule has 0 spiro atoms. The third kappa shape index (κ3) is 8.67. The van der Waals surface area contributed by atoms with Gasteiger partial charge in [0.2, 0.25) is 5.91 Å². The number of carboxylic acids is 1. The molecule has 0 saturated heterocycles. The number of carboxylic acid groups (broad SMARTS) is 1. The Hall–Kier alpha value is -1.88. The summed E-state index contributed by atoms with van der Waals surface area (Å²) in [5.74, 6) is -0.986. The first kappa shape index (κ1) is 20.2. The second-order valence-corrected chi connectivity index (χ2v) is 6.27. The van der Waals surface area contributed by atoms with Gasteiger partial charge in [-0.15, -0.1) is 0 Å². The Morgan fingerprint density at radius 2 is 1.62 bits per heavy atom. The molecule has 0 unspecified atom stereocenters. The van der Waals surface area contributed by atoms with Gasteiger partial charge >= 0.3 is 5.97 Å². The molecule has 0 fully saturated rings. The normalized spacial score (nSPS) is 11.9. The Morgan fingerprint density at radius 3 is 2.21 bits per heavy atom. The highest BCUT2D eigenvalue weighted by molar-refractivity contribution is 5.90. The summed E-state index contributed by atoms with van der Waals surface area (Å²) in [6.45, 7) is 2.21. The van der Waals surface area contributed by atoms with Crippen LogP contribution in [0, 0.1) is 0 Å². The number of carbonyl (C=O) groups excluding carboxylic acids is 1. The molecule has 5 nitrogen and oxygen atoms in total. The van der Waals surface area contributed by atoms with E-state index in [9.17, 15) is 9.59 Å². The van der Waals surface area contributed by atoms with Crippen molar-refractivity contribution in [2.45, 2.75) is 70.8 Å². The first-order chi connectivity index (χ1) is 11.5. The largest absolute Gasteiger partial charge is 0.480 e. The summed E-state index contributed by atoms with van der Waals surface area (Å²) in [5, 5.41) is 11.7. The number of rotatable bonds is 12. The molecule has 0 aliphatic rings. The number of anilines is 1. The lowest BCUT2D eigenvalue weighted by atomic mass is 10.1. The van der Waals surface area contributed by atoms with Crippen LogP contribution in [0.15, 0.2) is 24.3 Å². The Bertz CT molecular complexity index is 500. The highest BCUT2D eigenvalue weighted by Gasteiger charge is 2.12. The zero-order chi connectivity index (χ0) is 17.8. The summed E-state index contributed by atoms with van der Waals surface area (Å²) in [4.78, 5) is 22.6. The first-order valence-corrected chi connectivity index (χ1v) is 8.90. The van der Waals surface area contributed by atoms with Crippen molar-refractivity contribution in [1.29, 1.82) is 0 Å². The minimum Gasteiger partial charge on any atom is -0.480 e.